The molecule has 0 N–H and O–H groups in total. The van der Waals surface area contributed by atoms with Crippen LogP contribution in [0.2, 0.25) is 0 Å². The zero-order valence-electron chi connectivity index (χ0n) is 11.5. The fourth-order valence-corrected chi connectivity index (χ4v) is 2.88. The first kappa shape index (κ1) is 13.1. The van der Waals surface area contributed by atoms with Crippen molar-refractivity contribution in [3.8, 4) is 0 Å². The average Bonchev–Trinajstić information content (AvgIpc) is 2.42. The molecule has 0 aliphatic heterocycles. The van der Waals surface area contributed by atoms with E-state index < -0.39 is 0 Å². The number of amides is 1. The highest BCUT2D eigenvalue weighted by molar-refractivity contribution is 5.95. The van der Waals surface area contributed by atoms with Crippen molar-refractivity contribution in [2.75, 3.05) is 11.4 Å². The normalized spacial score (nSPS) is 16.6. The third kappa shape index (κ3) is 2.74. The van der Waals surface area contributed by atoms with Gasteiger partial charge < -0.3 is 4.90 Å². The minimum atomic E-state index is 0.248. The van der Waals surface area contributed by atoms with Crippen LogP contribution in [0.15, 0.2) is 24.3 Å². The highest BCUT2D eigenvalue weighted by Gasteiger charge is 2.26. The summed E-state index contributed by atoms with van der Waals surface area (Å²) < 4.78 is 0. The number of carbonyl (C=O) groups excluding carboxylic acids is 1. The molecule has 2 nitrogen and oxygen atoms in total. The van der Waals surface area contributed by atoms with E-state index in [9.17, 15) is 4.79 Å². The molecule has 1 fully saturated rings. The maximum Gasteiger partial charge on any atom is 0.230 e. The van der Waals surface area contributed by atoms with Gasteiger partial charge in [-0.1, -0.05) is 37.5 Å². The van der Waals surface area contributed by atoms with Gasteiger partial charge in [0.15, 0.2) is 0 Å². The Morgan fingerprint density at radius 2 is 1.89 bits per heavy atom. The van der Waals surface area contributed by atoms with Crippen molar-refractivity contribution in [1.29, 1.82) is 0 Å². The van der Waals surface area contributed by atoms with Crippen molar-refractivity contribution < 1.29 is 4.79 Å². The number of carbonyl (C=O) groups is 1. The summed E-state index contributed by atoms with van der Waals surface area (Å²) in [6, 6.07) is 8.17. The molecule has 2 rings (SSSR count). The quantitative estimate of drug-likeness (QED) is 0.790. The molecule has 0 bridgehead atoms. The molecule has 1 saturated carbocycles. The number of hydrogen-bond donors (Lipinski definition) is 0. The average molecular weight is 245 g/mol. The highest BCUT2D eigenvalue weighted by atomic mass is 16.2. The van der Waals surface area contributed by atoms with Crippen molar-refractivity contribution in [1.82, 2.24) is 0 Å². The standard InChI is InChI=1S/C16H23NO/c1-3-17(15-12-8-7-9-13(15)2)16(18)14-10-5-4-6-11-14/h7-9,12,14H,3-6,10-11H2,1-2H3. The van der Waals surface area contributed by atoms with Gasteiger partial charge in [0.25, 0.3) is 0 Å². The maximum absolute atomic E-state index is 12.6. The van der Waals surface area contributed by atoms with E-state index in [2.05, 4.69) is 26.0 Å². The first-order chi connectivity index (χ1) is 8.74. The van der Waals surface area contributed by atoms with E-state index in [4.69, 9.17) is 0 Å². The molecule has 0 spiro atoms. The first-order valence-corrected chi connectivity index (χ1v) is 7.11. The van der Waals surface area contributed by atoms with Crippen molar-refractivity contribution in [3.05, 3.63) is 29.8 Å². The van der Waals surface area contributed by atoms with E-state index in [1.807, 2.05) is 17.0 Å². The Bertz CT molecular complexity index is 407. The topological polar surface area (TPSA) is 20.3 Å². The molecule has 0 radical (unpaired) electrons. The Morgan fingerprint density at radius 1 is 1.22 bits per heavy atom. The summed E-state index contributed by atoms with van der Waals surface area (Å²) >= 11 is 0. The summed E-state index contributed by atoms with van der Waals surface area (Å²) in [6.45, 7) is 4.90. The number of nitrogens with zero attached hydrogens (tertiary/aromatic N) is 1. The minimum Gasteiger partial charge on any atom is -0.312 e. The van der Waals surface area contributed by atoms with Crippen LogP contribution >= 0.6 is 0 Å². The molecule has 1 aromatic rings. The third-order valence-electron chi connectivity index (χ3n) is 3.94. The zero-order chi connectivity index (χ0) is 13.0. The van der Waals surface area contributed by atoms with E-state index in [0.29, 0.717) is 5.91 Å². The van der Waals surface area contributed by atoms with Crippen LogP contribution in [-0.2, 0) is 4.79 Å². The molecular formula is C16H23NO. The van der Waals surface area contributed by atoms with Crippen molar-refractivity contribution in [2.24, 2.45) is 5.92 Å². The molecule has 0 unspecified atom stereocenters. The monoisotopic (exact) mass is 245 g/mol. The van der Waals surface area contributed by atoms with Crippen LogP contribution in [0.25, 0.3) is 0 Å². The molecule has 1 aliphatic rings. The minimum absolute atomic E-state index is 0.248. The summed E-state index contributed by atoms with van der Waals surface area (Å²) in [4.78, 5) is 14.6. The Labute approximate surface area is 110 Å². The van der Waals surface area contributed by atoms with Crippen LogP contribution in [0.3, 0.4) is 0 Å². The highest BCUT2D eigenvalue weighted by Crippen LogP contribution is 2.28. The van der Waals surface area contributed by atoms with Gasteiger partial charge in [-0.05, 0) is 38.3 Å². The second kappa shape index (κ2) is 6.03. The molecule has 1 aromatic carbocycles. The van der Waals surface area contributed by atoms with Gasteiger partial charge in [-0.15, -0.1) is 0 Å². The van der Waals surface area contributed by atoms with Crippen LogP contribution in [0, 0.1) is 12.8 Å². The van der Waals surface area contributed by atoms with Crippen molar-refractivity contribution in [3.63, 3.8) is 0 Å². The molecule has 0 heterocycles. The lowest BCUT2D eigenvalue weighted by atomic mass is 9.88. The zero-order valence-corrected chi connectivity index (χ0v) is 11.5. The molecule has 0 aromatic heterocycles. The Hall–Kier alpha value is -1.31. The lowest BCUT2D eigenvalue weighted by molar-refractivity contribution is -0.123. The van der Waals surface area contributed by atoms with Gasteiger partial charge in [-0.25, -0.2) is 0 Å². The maximum atomic E-state index is 12.6. The molecule has 1 amide bonds. The number of rotatable bonds is 3. The molecular weight excluding hydrogens is 222 g/mol. The summed E-state index contributed by atoms with van der Waals surface area (Å²) in [5.41, 5.74) is 2.26. The van der Waals surface area contributed by atoms with Gasteiger partial charge in [0.2, 0.25) is 5.91 Å². The first-order valence-electron chi connectivity index (χ1n) is 7.11. The van der Waals surface area contributed by atoms with E-state index in [1.165, 1.54) is 24.8 Å². The molecule has 0 atom stereocenters. The van der Waals surface area contributed by atoms with Gasteiger partial charge in [-0.2, -0.15) is 0 Å². The molecule has 2 heteroatoms. The van der Waals surface area contributed by atoms with Crippen LogP contribution in [0.5, 0.6) is 0 Å². The second-order valence-electron chi connectivity index (χ2n) is 5.20. The van der Waals surface area contributed by atoms with Crippen molar-refractivity contribution in [2.45, 2.75) is 46.0 Å². The van der Waals surface area contributed by atoms with Gasteiger partial charge in [0.05, 0.1) is 0 Å². The number of aryl methyl sites for hydroxylation is 1. The lowest BCUT2D eigenvalue weighted by Gasteiger charge is -2.29. The van der Waals surface area contributed by atoms with Gasteiger partial charge in [0, 0.05) is 18.2 Å². The van der Waals surface area contributed by atoms with Crippen LogP contribution in [0.4, 0.5) is 5.69 Å². The molecule has 18 heavy (non-hydrogen) atoms. The van der Waals surface area contributed by atoms with Crippen LogP contribution < -0.4 is 4.90 Å². The number of benzene rings is 1. The summed E-state index contributed by atoms with van der Waals surface area (Å²) in [7, 11) is 0. The van der Waals surface area contributed by atoms with Gasteiger partial charge in [0.1, 0.15) is 0 Å². The van der Waals surface area contributed by atoms with Gasteiger partial charge >= 0.3 is 0 Å². The van der Waals surface area contributed by atoms with E-state index in [-0.39, 0.29) is 5.92 Å². The predicted octanol–water partition coefficient (Wildman–Crippen LogP) is 3.93. The fourth-order valence-electron chi connectivity index (χ4n) is 2.88. The predicted molar refractivity (Wildman–Crippen MR) is 75.8 cm³/mol. The summed E-state index contributed by atoms with van der Waals surface area (Å²) in [5, 5.41) is 0. The Kier molecular flexibility index (Phi) is 4.40. The molecule has 98 valence electrons. The number of anilines is 1. The summed E-state index contributed by atoms with van der Waals surface area (Å²) in [6.07, 6.45) is 5.85. The van der Waals surface area contributed by atoms with E-state index >= 15 is 0 Å². The molecule has 0 saturated heterocycles. The van der Waals surface area contributed by atoms with E-state index in [0.717, 1.165) is 25.1 Å². The third-order valence-corrected chi connectivity index (χ3v) is 3.94. The second-order valence-corrected chi connectivity index (χ2v) is 5.20. The fraction of sp³-hybridized carbons (Fsp3) is 0.562. The Morgan fingerprint density at radius 3 is 2.50 bits per heavy atom. The summed E-state index contributed by atoms with van der Waals surface area (Å²) in [5.74, 6) is 0.574. The smallest absolute Gasteiger partial charge is 0.230 e. The van der Waals surface area contributed by atoms with E-state index in [1.54, 1.807) is 0 Å². The number of hydrogen-bond acceptors (Lipinski definition) is 1. The largest absolute Gasteiger partial charge is 0.312 e. The SMILES string of the molecule is CCN(C(=O)C1CCCCC1)c1ccccc1C. The van der Waals surface area contributed by atoms with Crippen LogP contribution in [-0.4, -0.2) is 12.5 Å². The lowest BCUT2D eigenvalue weighted by Crippen LogP contribution is -2.37. The van der Waals surface area contributed by atoms with Crippen molar-refractivity contribution >= 4 is 11.6 Å². The molecule has 1 aliphatic carbocycles. The van der Waals surface area contributed by atoms with Gasteiger partial charge in [-0.3, -0.25) is 4.79 Å². The Balaban J connectivity index is 2.17. The van der Waals surface area contributed by atoms with Crippen LogP contribution in [0.1, 0.15) is 44.6 Å². The number of para-hydroxylation sites is 1.